The summed E-state index contributed by atoms with van der Waals surface area (Å²) in [4.78, 5) is 27.3. The van der Waals surface area contributed by atoms with Gasteiger partial charge in [0.2, 0.25) is 10.0 Å². The van der Waals surface area contributed by atoms with Crippen LogP contribution in [0.1, 0.15) is 111 Å². The summed E-state index contributed by atoms with van der Waals surface area (Å²) in [7, 11) is -2.89. The van der Waals surface area contributed by atoms with Crippen LogP contribution < -0.4 is 15.4 Å². The molecular weight excluding hydrogens is 1110 g/mol. The number of amides is 2. The number of Topliss-reactive ketones (excluding diaryl/α,β-unsaturated/α-hetero) is 1. The van der Waals surface area contributed by atoms with Crippen molar-refractivity contribution in [3.63, 3.8) is 0 Å². The van der Waals surface area contributed by atoms with Gasteiger partial charge < -0.3 is 39.4 Å². The molecule has 4 aromatic rings. The summed E-state index contributed by atoms with van der Waals surface area (Å²) in [6.45, 7) is 16.1. The van der Waals surface area contributed by atoms with Gasteiger partial charge in [-0.3, -0.25) is 4.79 Å². The predicted molar refractivity (Wildman–Crippen MR) is 309 cm³/mol. The number of sulfonamides is 1. The van der Waals surface area contributed by atoms with Crippen LogP contribution in [-0.4, -0.2) is 144 Å². The molecule has 0 saturated heterocycles. The lowest BCUT2D eigenvalue weighted by atomic mass is 9.85. The van der Waals surface area contributed by atoms with E-state index < -0.39 is 19.9 Å². The molecule has 0 aromatic heterocycles. The third-order valence-corrected chi connectivity index (χ3v) is 17.1. The van der Waals surface area contributed by atoms with E-state index in [0.717, 1.165) is 72.4 Å². The first kappa shape index (κ1) is 66.1. The number of ether oxygens (including phenoxy) is 4. The Morgan fingerprint density at radius 3 is 1.64 bits per heavy atom. The molecule has 21 heteroatoms. The highest BCUT2D eigenvalue weighted by Crippen LogP contribution is 2.40. The van der Waals surface area contributed by atoms with Gasteiger partial charge in [-0.05, 0) is 122 Å². The van der Waals surface area contributed by atoms with Gasteiger partial charge in [-0.25, -0.2) is 26.4 Å². The highest BCUT2D eigenvalue weighted by atomic mass is 35.5. The van der Waals surface area contributed by atoms with Gasteiger partial charge in [0.15, 0.2) is 9.84 Å². The quantitative estimate of drug-likeness (QED) is 0.0459. The molecule has 0 spiro atoms. The van der Waals surface area contributed by atoms with Crippen LogP contribution in [0.25, 0.3) is 0 Å². The second-order valence-corrected chi connectivity index (χ2v) is 24.4. The number of halogens is 4. The number of nitrogens with one attached hydrogen (secondary N) is 3. The molecule has 0 fully saturated rings. The first-order valence-corrected chi connectivity index (χ1v) is 31.1. The van der Waals surface area contributed by atoms with Crippen molar-refractivity contribution in [2.45, 2.75) is 101 Å². The maximum atomic E-state index is 12.9. The predicted octanol–water partition coefficient (Wildman–Crippen LogP) is 10.5. The van der Waals surface area contributed by atoms with E-state index in [0.29, 0.717) is 110 Å². The highest BCUT2D eigenvalue weighted by Gasteiger charge is 2.30. The monoisotopic (exact) mass is 1190 g/mol. The molecule has 0 radical (unpaired) electrons. The van der Waals surface area contributed by atoms with E-state index in [1.807, 2.05) is 65.2 Å². The molecule has 0 bridgehead atoms. The normalized spacial score (nSPS) is 15.6. The fourth-order valence-corrected chi connectivity index (χ4v) is 12.3. The molecule has 4 aromatic carbocycles. The van der Waals surface area contributed by atoms with Gasteiger partial charge in [0.25, 0.3) is 0 Å². The number of rotatable bonds is 28. The molecule has 2 amide bonds. The molecule has 428 valence electrons. The van der Waals surface area contributed by atoms with Gasteiger partial charge in [-0.15, -0.1) is 0 Å². The van der Waals surface area contributed by atoms with Gasteiger partial charge in [-0.2, -0.15) is 0 Å². The fourth-order valence-electron chi connectivity index (χ4n) is 8.71. The summed E-state index contributed by atoms with van der Waals surface area (Å²) in [6, 6.07) is 21.5. The Kier molecular flexibility index (Phi) is 29.8. The molecule has 2 aliphatic rings. The number of carbonyl (C=O) groups excluding carboxylic acids is 2. The van der Waals surface area contributed by atoms with Gasteiger partial charge in [0.1, 0.15) is 5.78 Å². The van der Waals surface area contributed by atoms with Crippen LogP contribution in [0.5, 0.6) is 0 Å². The number of unbranched alkanes of at least 4 members (excludes halogenated alkanes) is 1. The number of ketones is 1. The zero-order valence-electron chi connectivity index (χ0n) is 45.4. The zero-order chi connectivity index (χ0) is 56.4. The maximum absolute atomic E-state index is 12.9. The van der Waals surface area contributed by atoms with Gasteiger partial charge in [0, 0.05) is 104 Å². The standard InChI is InChI=1S/C26H34Cl2N2O5S.C19H21Cl2NO2S.C11H24N2O3/c1-3-21(31)7-5-10-34-12-13-35-11-9-29-36(32,33)22-8-4-6-19(14-22)24-17-30(2)18-25-23(24)15-20(27)16-26(25)28;1-3-7-25(23,24)15-6-4-5-13(8-15)17-11-22(2)12-18-16(17)9-14(20)10-19(18)21;1-3-5-6-12-11(14)13-7-8-16-10-9-15-4-2/h4,6,8,14-16,24,29H,3,5,7,9-13,17-18H2,1-2H3;4-6,8-10,17H,3,7,11-12H2,1-2H3;3-10H2,1-2H3,(H2,12,13,14). The molecule has 2 atom stereocenters. The lowest BCUT2D eigenvalue weighted by Crippen LogP contribution is -2.37. The van der Waals surface area contributed by atoms with E-state index in [-0.39, 0.29) is 47.5 Å². The molecule has 6 rings (SSSR count). The second kappa shape index (κ2) is 34.7. The zero-order valence-corrected chi connectivity index (χ0v) is 50.1. The van der Waals surface area contributed by atoms with Gasteiger partial charge in [-0.1, -0.05) is 97.9 Å². The van der Waals surface area contributed by atoms with E-state index in [4.69, 9.17) is 65.4 Å². The number of sulfone groups is 1. The molecule has 0 aliphatic carbocycles. The summed E-state index contributed by atoms with van der Waals surface area (Å²) in [6.07, 6.45) is 4.49. The minimum atomic E-state index is -3.70. The Morgan fingerprint density at radius 1 is 0.597 bits per heavy atom. The average molecular weight is 1190 g/mol. The van der Waals surface area contributed by atoms with Crippen LogP contribution in [-0.2, 0) is 56.7 Å². The lowest BCUT2D eigenvalue weighted by Gasteiger charge is -2.33. The molecule has 15 nitrogen and oxygen atoms in total. The second-order valence-electron chi connectivity index (χ2n) is 18.8. The third kappa shape index (κ3) is 22.6. The van der Waals surface area contributed by atoms with E-state index >= 15 is 0 Å². The van der Waals surface area contributed by atoms with E-state index in [1.165, 1.54) is 0 Å². The Bertz CT molecular complexity index is 2700. The summed E-state index contributed by atoms with van der Waals surface area (Å²) in [5.74, 6) is 0.391. The number of carbonyl (C=O) groups is 2. The number of fused-ring (bicyclic) bond motifs is 2. The Hall–Kier alpha value is -3.40. The van der Waals surface area contributed by atoms with E-state index in [1.54, 1.807) is 42.5 Å². The van der Waals surface area contributed by atoms with Crippen molar-refractivity contribution in [1.29, 1.82) is 0 Å². The first-order valence-electron chi connectivity index (χ1n) is 26.4. The van der Waals surface area contributed by atoms with Crippen LogP contribution in [0.4, 0.5) is 4.79 Å². The van der Waals surface area contributed by atoms with Crippen LogP contribution >= 0.6 is 46.4 Å². The average Bonchev–Trinajstić information content (AvgIpc) is 3.40. The number of likely N-dealkylation sites (N-methyl/N-ethyl adjacent to an activating group) is 2. The minimum Gasteiger partial charge on any atom is -0.379 e. The summed E-state index contributed by atoms with van der Waals surface area (Å²) >= 11 is 25.4. The maximum Gasteiger partial charge on any atom is 0.314 e. The van der Waals surface area contributed by atoms with Gasteiger partial charge in [0.05, 0.1) is 55.2 Å². The van der Waals surface area contributed by atoms with Crippen molar-refractivity contribution in [2.24, 2.45) is 0 Å². The smallest absolute Gasteiger partial charge is 0.314 e. The Labute approximate surface area is 478 Å². The van der Waals surface area contributed by atoms with Crippen molar-refractivity contribution in [2.75, 3.05) is 105 Å². The number of benzene rings is 4. The van der Waals surface area contributed by atoms with Crippen molar-refractivity contribution in [3.8, 4) is 0 Å². The van der Waals surface area contributed by atoms with Crippen molar-refractivity contribution in [1.82, 2.24) is 25.2 Å². The largest absolute Gasteiger partial charge is 0.379 e. The molecule has 2 heterocycles. The summed E-state index contributed by atoms with van der Waals surface area (Å²) in [5, 5.41) is 7.93. The molecule has 77 heavy (non-hydrogen) atoms. The highest BCUT2D eigenvalue weighted by molar-refractivity contribution is 7.91. The topological polar surface area (TPSA) is 182 Å². The fraction of sp³-hybridized carbons (Fsp3) is 0.536. The van der Waals surface area contributed by atoms with Gasteiger partial charge >= 0.3 is 6.03 Å². The van der Waals surface area contributed by atoms with E-state index in [2.05, 4.69) is 32.1 Å². The van der Waals surface area contributed by atoms with Crippen LogP contribution in [0, 0.1) is 0 Å². The molecule has 2 aliphatic heterocycles. The SMILES string of the molecule is CCC(=O)CCCOCCOCCNS(=O)(=O)c1cccc(C2CN(C)Cc3c(Cl)cc(Cl)cc32)c1.CCCCNC(=O)NCCOCCOCC.CCCS(=O)(=O)c1cccc(C2CN(C)Cc3c(Cl)cc(Cl)cc32)c1. The minimum absolute atomic E-state index is 0.0433. The van der Waals surface area contributed by atoms with Crippen molar-refractivity contribution >= 4 is 78.1 Å². The summed E-state index contributed by atoms with van der Waals surface area (Å²) in [5.41, 5.74) is 6.05. The third-order valence-electron chi connectivity index (χ3n) is 12.6. The van der Waals surface area contributed by atoms with Crippen molar-refractivity contribution < 1.29 is 45.4 Å². The van der Waals surface area contributed by atoms with Crippen LogP contribution in [0.3, 0.4) is 0 Å². The lowest BCUT2D eigenvalue weighted by molar-refractivity contribution is -0.119. The first-order chi connectivity index (χ1) is 36.8. The molecular formula is C56H79Cl4N5O10S2. The molecule has 0 saturated carbocycles. The number of hydrogen-bond acceptors (Lipinski definition) is 12. The van der Waals surface area contributed by atoms with Crippen molar-refractivity contribution in [3.05, 3.63) is 126 Å². The Morgan fingerprint density at radius 2 is 1.10 bits per heavy atom. The van der Waals surface area contributed by atoms with Crippen LogP contribution in [0.15, 0.2) is 82.6 Å². The number of urea groups is 1. The Balaban J connectivity index is 0.000000271. The summed E-state index contributed by atoms with van der Waals surface area (Å²) < 4.78 is 74.5. The van der Waals surface area contributed by atoms with E-state index in [9.17, 15) is 26.4 Å². The number of nitrogens with zero attached hydrogens (tertiary/aromatic N) is 2. The van der Waals surface area contributed by atoms with Crippen LogP contribution in [0.2, 0.25) is 20.1 Å². The molecule has 3 N–H and O–H groups in total. The molecule has 2 unspecified atom stereocenters. The number of hydrogen-bond donors (Lipinski definition) is 3.